The fourth-order valence-corrected chi connectivity index (χ4v) is 2.35. The maximum Gasteiger partial charge on any atom is 0.410 e. The molecule has 0 amide bonds. The van der Waals surface area contributed by atoms with Crippen molar-refractivity contribution in [3.63, 3.8) is 0 Å². The zero-order chi connectivity index (χ0) is 14.5. The van der Waals surface area contributed by atoms with Gasteiger partial charge in [0.2, 0.25) is 14.9 Å². The van der Waals surface area contributed by atoms with Gasteiger partial charge in [-0.25, -0.2) is 13.6 Å². The Kier molecular flexibility index (Phi) is 5.43. The van der Waals surface area contributed by atoms with Crippen LogP contribution in [0.1, 0.15) is 39.0 Å². The molecule has 108 valence electrons. The van der Waals surface area contributed by atoms with E-state index in [1.165, 1.54) is 4.68 Å². The third-order valence-electron chi connectivity index (χ3n) is 2.68. The molecular formula is C10H18N4O4S. The van der Waals surface area contributed by atoms with Gasteiger partial charge in [-0.15, -0.1) is 0 Å². The van der Waals surface area contributed by atoms with Crippen LogP contribution in [0.4, 0.5) is 5.82 Å². The van der Waals surface area contributed by atoms with Crippen LogP contribution >= 0.6 is 0 Å². The number of hydrogen-bond donors (Lipinski definition) is 1. The number of aromatic nitrogens is 2. The predicted octanol–water partition coefficient (Wildman–Crippen LogP) is 1.41. The molecule has 2 N–H and O–H groups in total. The van der Waals surface area contributed by atoms with Crippen LogP contribution in [-0.4, -0.2) is 23.1 Å². The topological polar surface area (TPSA) is 121 Å². The van der Waals surface area contributed by atoms with Crippen molar-refractivity contribution in [2.45, 2.75) is 50.5 Å². The molecule has 0 aromatic carbocycles. The lowest BCUT2D eigenvalue weighted by molar-refractivity contribution is -0.392. The Balaban J connectivity index is 2.74. The number of nitrogens with two attached hydrogens (primary N) is 1. The van der Waals surface area contributed by atoms with Crippen LogP contribution in [-0.2, 0) is 16.6 Å². The van der Waals surface area contributed by atoms with Crippen LogP contribution in [0.3, 0.4) is 0 Å². The summed E-state index contributed by atoms with van der Waals surface area (Å²) in [6.45, 7) is 2.55. The largest absolute Gasteiger partial charge is 0.410 e. The van der Waals surface area contributed by atoms with E-state index in [9.17, 15) is 18.5 Å². The van der Waals surface area contributed by atoms with Gasteiger partial charge in [-0.2, -0.15) is 4.68 Å². The maximum absolute atomic E-state index is 11.2. The molecule has 8 nitrogen and oxygen atoms in total. The second-order valence-electron chi connectivity index (χ2n) is 4.30. The van der Waals surface area contributed by atoms with Gasteiger partial charge in [0.15, 0.2) is 0 Å². The van der Waals surface area contributed by atoms with Crippen LogP contribution in [0.5, 0.6) is 0 Å². The van der Waals surface area contributed by atoms with E-state index in [1.807, 2.05) is 0 Å². The van der Waals surface area contributed by atoms with Crippen LogP contribution in [0.2, 0.25) is 0 Å². The van der Waals surface area contributed by atoms with E-state index in [-0.39, 0.29) is 0 Å². The van der Waals surface area contributed by atoms with Crippen molar-refractivity contribution < 1.29 is 13.3 Å². The van der Waals surface area contributed by atoms with Crippen molar-refractivity contribution in [3.8, 4) is 0 Å². The normalized spacial score (nSPS) is 11.7. The Morgan fingerprint density at radius 3 is 2.47 bits per heavy atom. The quantitative estimate of drug-likeness (QED) is 0.440. The number of sulfonamides is 1. The van der Waals surface area contributed by atoms with Gasteiger partial charge >= 0.3 is 5.82 Å². The molecule has 1 heterocycles. The van der Waals surface area contributed by atoms with E-state index in [0.717, 1.165) is 38.3 Å². The van der Waals surface area contributed by atoms with Crippen LogP contribution in [0.25, 0.3) is 0 Å². The molecule has 0 aliphatic heterocycles. The van der Waals surface area contributed by atoms with Crippen molar-refractivity contribution >= 4 is 15.8 Å². The molecule has 0 unspecified atom stereocenters. The third-order valence-corrected chi connectivity index (χ3v) is 3.58. The van der Waals surface area contributed by atoms with Gasteiger partial charge < -0.3 is 10.1 Å². The van der Waals surface area contributed by atoms with E-state index in [4.69, 9.17) is 5.14 Å². The minimum absolute atomic E-state index is 0.445. The predicted molar refractivity (Wildman–Crippen MR) is 69.0 cm³/mol. The van der Waals surface area contributed by atoms with Gasteiger partial charge in [0, 0.05) is 0 Å². The third kappa shape index (κ3) is 4.60. The lowest BCUT2D eigenvalue weighted by Crippen LogP contribution is -2.13. The molecule has 0 aliphatic carbocycles. The van der Waals surface area contributed by atoms with E-state index in [1.54, 1.807) is 0 Å². The molecule has 0 fully saturated rings. The van der Waals surface area contributed by atoms with Crippen molar-refractivity contribution in [2.24, 2.45) is 5.14 Å². The molecule has 1 rings (SSSR count). The average Bonchev–Trinajstić information content (AvgIpc) is 2.73. The molecule has 0 radical (unpaired) electrons. The Morgan fingerprint density at radius 1 is 1.37 bits per heavy atom. The van der Waals surface area contributed by atoms with Gasteiger partial charge in [0.1, 0.15) is 0 Å². The molecular weight excluding hydrogens is 272 g/mol. The fourth-order valence-electron chi connectivity index (χ4n) is 1.71. The highest BCUT2D eigenvalue weighted by molar-refractivity contribution is 7.89. The van der Waals surface area contributed by atoms with Crippen molar-refractivity contribution in [3.05, 3.63) is 16.3 Å². The maximum atomic E-state index is 11.2. The number of nitrogens with zero attached hydrogens (tertiary/aromatic N) is 3. The fraction of sp³-hybridized carbons (Fsp3) is 0.700. The first-order valence-electron chi connectivity index (χ1n) is 6.11. The lowest BCUT2D eigenvalue weighted by Gasteiger charge is -1.97. The van der Waals surface area contributed by atoms with Crippen LogP contribution < -0.4 is 5.14 Å². The smallest absolute Gasteiger partial charge is 0.358 e. The standard InChI is InChI=1S/C10H18N4O4S/c1-2-3-4-5-6-7-13-8-9(19(11,17)18)10(12-13)14(15)16/h8H,2-7H2,1H3,(H2,11,17,18). The molecule has 0 bridgehead atoms. The first-order valence-corrected chi connectivity index (χ1v) is 7.65. The van der Waals surface area contributed by atoms with Crippen molar-refractivity contribution in [1.29, 1.82) is 0 Å². The molecule has 0 spiro atoms. The highest BCUT2D eigenvalue weighted by Gasteiger charge is 2.28. The summed E-state index contributed by atoms with van der Waals surface area (Å²) in [5.74, 6) is -0.712. The Bertz CT molecular complexity index is 538. The monoisotopic (exact) mass is 290 g/mol. The molecule has 0 atom stereocenters. The first kappa shape index (κ1) is 15.6. The highest BCUT2D eigenvalue weighted by atomic mass is 32.2. The number of aryl methyl sites for hydroxylation is 1. The molecule has 1 aromatic rings. The number of unbranched alkanes of at least 4 members (excludes halogenated alkanes) is 4. The first-order chi connectivity index (χ1) is 8.86. The average molecular weight is 290 g/mol. The van der Waals surface area contributed by atoms with E-state index < -0.39 is 25.7 Å². The second kappa shape index (κ2) is 6.62. The summed E-state index contributed by atoms with van der Waals surface area (Å²) in [6, 6.07) is 0. The summed E-state index contributed by atoms with van der Waals surface area (Å²) >= 11 is 0. The van der Waals surface area contributed by atoms with Gasteiger partial charge in [-0.1, -0.05) is 32.6 Å². The SMILES string of the molecule is CCCCCCCn1cc(S(N)(=O)=O)c([N+](=O)[O-])n1. The summed E-state index contributed by atoms with van der Waals surface area (Å²) in [6.07, 6.45) is 6.24. The number of primary sulfonamides is 1. The summed E-state index contributed by atoms with van der Waals surface area (Å²) in [7, 11) is -4.12. The molecule has 1 aromatic heterocycles. The summed E-state index contributed by atoms with van der Waals surface area (Å²) < 4.78 is 23.7. The molecule has 0 saturated heterocycles. The summed E-state index contributed by atoms with van der Waals surface area (Å²) in [4.78, 5) is 9.33. The number of hydrogen-bond acceptors (Lipinski definition) is 5. The Labute approximate surface area is 111 Å². The molecule has 19 heavy (non-hydrogen) atoms. The van der Waals surface area contributed by atoms with Crippen molar-refractivity contribution in [2.75, 3.05) is 0 Å². The minimum atomic E-state index is -4.12. The van der Waals surface area contributed by atoms with E-state index in [2.05, 4.69) is 12.0 Å². The summed E-state index contributed by atoms with van der Waals surface area (Å²) in [5, 5.41) is 19.3. The number of rotatable bonds is 8. The van der Waals surface area contributed by atoms with Gasteiger partial charge in [-0.05, 0) is 11.3 Å². The lowest BCUT2D eigenvalue weighted by atomic mass is 10.1. The van der Waals surface area contributed by atoms with Crippen LogP contribution in [0, 0.1) is 10.1 Å². The van der Waals surface area contributed by atoms with Gasteiger partial charge in [0.05, 0.1) is 17.8 Å². The zero-order valence-corrected chi connectivity index (χ0v) is 11.6. The molecule has 9 heteroatoms. The summed E-state index contributed by atoms with van der Waals surface area (Å²) in [5.41, 5.74) is 0. The van der Waals surface area contributed by atoms with E-state index >= 15 is 0 Å². The Morgan fingerprint density at radius 2 is 2.00 bits per heavy atom. The Hall–Kier alpha value is -1.48. The molecule has 0 aliphatic rings. The van der Waals surface area contributed by atoms with Gasteiger partial charge in [0.25, 0.3) is 0 Å². The van der Waals surface area contributed by atoms with E-state index in [0.29, 0.717) is 6.54 Å². The van der Waals surface area contributed by atoms with Crippen molar-refractivity contribution in [1.82, 2.24) is 9.78 Å². The minimum Gasteiger partial charge on any atom is -0.358 e. The number of nitro groups is 1. The molecule has 0 saturated carbocycles. The zero-order valence-electron chi connectivity index (χ0n) is 10.8. The highest BCUT2D eigenvalue weighted by Crippen LogP contribution is 2.20. The van der Waals surface area contributed by atoms with Gasteiger partial charge in [-0.3, -0.25) is 0 Å². The van der Waals surface area contributed by atoms with Crippen LogP contribution in [0.15, 0.2) is 11.1 Å². The second-order valence-corrected chi connectivity index (χ2v) is 5.83.